The van der Waals surface area contributed by atoms with Crippen LogP contribution in [0.2, 0.25) is 0 Å². The van der Waals surface area contributed by atoms with Gasteiger partial charge in [0.05, 0.1) is 31.7 Å². The first-order valence-electron chi connectivity index (χ1n) is 15.1. The number of ketones is 1. The Morgan fingerprint density at radius 3 is 2.10 bits per heavy atom. The van der Waals surface area contributed by atoms with Crippen LogP contribution in [0, 0.1) is 17.0 Å². The number of aryl methyl sites for hydroxylation is 2. The van der Waals surface area contributed by atoms with Gasteiger partial charge >= 0.3 is 0 Å². The van der Waals surface area contributed by atoms with Crippen molar-refractivity contribution < 1.29 is 22.9 Å². The van der Waals surface area contributed by atoms with Crippen molar-refractivity contribution in [3.8, 4) is 0 Å². The number of amides is 1. The maximum Gasteiger partial charge on any atom is 0.283 e. The number of rotatable bonds is 13. The molecule has 0 radical (unpaired) electrons. The molecule has 0 saturated heterocycles. The number of anilines is 2. The topological polar surface area (TPSA) is 127 Å². The highest BCUT2D eigenvalue weighted by Gasteiger charge is 2.34. The predicted molar refractivity (Wildman–Crippen MR) is 188 cm³/mol. The molecular formula is C37H33N3O6S2. The Balaban J connectivity index is 1.73. The Morgan fingerprint density at radius 2 is 1.46 bits per heavy atom. The fourth-order valence-electron chi connectivity index (χ4n) is 5.22. The largest absolute Gasteiger partial charge is 0.325 e. The summed E-state index contributed by atoms with van der Waals surface area (Å²) >= 11 is 0.855. The maximum absolute atomic E-state index is 14.9. The molecule has 0 unspecified atom stereocenters. The van der Waals surface area contributed by atoms with Crippen molar-refractivity contribution in [2.45, 2.75) is 41.4 Å². The summed E-state index contributed by atoms with van der Waals surface area (Å²) in [5.41, 5.74) is 2.36. The summed E-state index contributed by atoms with van der Waals surface area (Å²) in [5.74, 6) is -1.08. The average Bonchev–Trinajstić information content (AvgIpc) is 3.08. The molecule has 0 fully saturated rings. The molecule has 5 rings (SSSR count). The van der Waals surface area contributed by atoms with E-state index >= 15 is 0 Å². The minimum absolute atomic E-state index is 0.0718. The first-order valence-corrected chi connectivity index (χ1v) is 17.4. The number of carbonyl (C=O) groups excluding carboxylic acids is 2. The Bertz CT molecular complexity index is 2050. The van der Waals surface area contributed by atoms with Gasteiger partial charge in [-0.15, -0.1) is 0 Å². The van der Waals surface area contributed by atoms with Gasteiger partial charge in [-0.2, -0.15) is 0 Å². The zero-order valence-electron chi connectivity index (χ0n) is 26.3. The second kappa shape index (κ2) is 15.1. The summed E-state index contributed by atoms with van der Waals surface area (Å²) in [5, 5.41) is 14.7. The van der Waals surface area contributed by atoms with Crippen LogP contribution >= 0.6 is 11.8 Å². The summed E-state index contributed by atoms with van der Waals surface area (Å²) in [6.45, 7) is 3.30. The third-order valence-electron chi connectivity index (χ3n) is 7.53. The number of benzene rings is 5. The van der Waals surface area contributed by atoms with Gasteiger partial charge in [-0.25, -0.2) is 8.42 Å². The van der Waals surface area contributed by atoms with Gasteiger partial charge in [0.1, 0.15) is 0 Å². The predicted octanol–water partition coefficient (Wildman–Crippen LogP) is 8.07. The lowest BCUT2D eigenvalue weighted by Crippen LogP contribution is -2.33. The molecule has 0 saturated carbocycles. The molecule has 0 aliphatic carbocycles. The lowest BCUT2D eigenvalue weighted by Gasteiger charge is -2.27. The van der Waals surface area contributed by atoms with Crippen LogP contribution in [0.4, 0.5) is 17.1 Å². The van der Waals surface area contributed by atoms with Crippen LogP contribution in [0.3, 0.4) is 0 Å². The van der Waals surface area contributed by atoms with Crippen LogP contribution in [0.15, 0.2) is 136 Å². The van der Waals surface area contributed by atoms with Crippen molar-refractivity contribution in [1.29, 1.82) is 0 Å². The molecule has 1 amide bonds. The van der Waals surface area contributed by atoms with Crippen LogP contribution < -0.4 is 9.62 Å². The first-order chi connectivity index (χ1) is 23.1. The van der Waals surface area contributed by atoms with Crippen LogP contribution in [0.1, 0.15) is 40.4 Å². The zero-order valence-corrected chi connectivity index (χ0v) is 28.0. The third-order valence-corrected chi connectivity index (χ3v) is 10.6. The summed E-state index contributed by atoms with van der Waals surface area (Å²) in [6, 6.07) is 33.7. The molecule has 48 heavy (non-hydrogen) atoms. The van der Waals surface area contributed by atoms with Crippen molar-refractivity contribution >= 4 is 50.5 Å². The van der Waals surface area contributed by atoms with Crippen molar-refractivity contribution in [2.24, 2.45) is 0 Å². The van der Waals surface area contributed by atoms with E-state index in [9.17, 15) is 28.1 Å². The number of nitro groups is 1. The minimum atomic E-state index is -4.44. The number of hydrogen-bond acceptors (Lipinski definition) is 7. The maximum atomic E-state index is 14.9. The molecule has 5 aromatic rings. The van der Waals surface area contributed by atoms with Gasteiger partial charge in [-0.1, -0.05) is 102 Å². The van der Waals surface area contributed by atoms with Crippen LogP contribution in [0.25, 0.3) is 0 Å². The lowest BCUT2D eigenvalue weighted by molar-refractivity contribution is -0.387. The van der Waals surface area contributed by atoms with Gasteiger partial charge in [0.25, 0.3) is 15.7 Å². The number of sulfonamides is 1. The van der Waals surface area contributed by atoms with Gasteiger partial charge in [0, 0.05) is 30.0 Å². The fourth-order valence-corrected chi connectivity index (χ4v) is 8.13. The number of para-hydroxylation sites is 1. The van der Waals surface area contributed by atoms with E-state index in [1.165, 1.54) is 41.6 Å². The van der Waals surface area contributed by atoms with Crippen molar-refractivity contribution in [3.63, 3.8) is 0 Å². The van der Waals surface area contributed by atoms with Crippen LogP contribution in [-0.2, 0) is 21.2 Å². The summed E-state index contributed by atoms with van der Waals surface area (Å²) < 4.78 is 31.1. The van der Waals surface area contributed by atoms with E-state index in [2.05, 4.69) is 5.32 Å². The Labute approximate surface area is 283 Å². The van der Waals surface area contributed by atoms with Gasteiger partial charge in [-0.05, 0) is 55.7 Å². The summed E-state index contributed by atoms with van der Waals surface area (Å²) in [4.78, 5) is 38.2. The van der Waals surface area contributed by atoms with E-state index < -0.39 is 26.6 Å². The molecule has 0 atom stereocenters. The van der Waals surface area contributed by atoms with E-state index in [1.54, 1.807) is 48.5 Å². The minimum Gasteiger partial charge on any atom is -0.325 e. The molecular weight excluding hydrogens is 647 g/mol. The van der Waals surface area contributed by atoms with E-state index in [-0.39, 0.29) is 43.7 Å². The molecule has 5 aromatic carbocycles. The second-order valence-corrected chi connectivity index (χ2v) is 13.9. The molecule has 0 aliphatic rings. The third kappa shape index (κ3) is 7.81. The highest BCUT2D eigenvalue weighted by molar-refractivity contribution is 7.99. The quantitative estimate of drug-likeness (QED) is 0.0758. The summed E-state index contributed by atoms with van der Waals surface area (Å²) in [7, 11) is -4.44. The summed E-state index contributed by atoms with van der Waals surface area (Å²) in [6.07, 6.45) is 1.11. The van der Waals surface area contributed by atoms with Gasteiger partial charge < -0.3 is 5.32 Å². The average molecular weight is 680 g/mol. The molecule has 0 heterocycles. The molecule has 9 nitrogen and oxygen atoms in total. The highest BCUT2D eigenvalue weighted by atomic mass is 32.2. The van der Waals surface area contributed by atoms with Crippen molar-refractivity contribution in [3.05, 3.63) is 154 Å². The Kier molecular flexibility index (Phi) is 10.7. The highest BCUT2D eigenvalue weighted by Crippen LogP contribution is 2.44. The molecule has 1 N–H and O–H groups in total. The number of nitrogens with one attached hydrogen (secondary N) is 1. The number of hydrogen-bond donors (Lipinski definition) is 1. The van der Waals surface area contributed by atoms with Gasteiger partial charge in [0.15, 0.2) is 5.78 Å². The molecule has 0 aliphatic heterocycles. The molecule has 0 spiro atoms. The van der Waals surface area contributed by atoms with E-state index in [1.807, 2.05) is 49.4 Å². The SMILES string of the molecule is CC(=O)Nc1ccc(S(=O)(=O)N(CCCc2ccccc2)c2ccc(C)cc2)c(C(=O)c2ccccc2)c1Sc1ccccc1[N+](=O)[O-]. The van der Waals surface area contributed by atoms with Gasteiger partial charge in [-0.3, -0.25) is 24.0 Å². The molecule has 0 aromatic heterocycles. The number of carbonyl (C=O) groups is 2. The van der Waals surface area contributed by atoms with Gasteiger partial charge in [0.2, 0.25) is 5.91 Å². The standard InChI is InChI=1S/C37H33N3O6S2/c1-26-19-21-30(22-20-26)39(25-11-14-28-12-5-3-6-13-28)48(45,46)34-24-23-31(38-27(2)41)37(35(34)36(42)29-15-7-4-8-16-29)47-33-18-10-9-17-32(33)40(43)44/h3-10,12-13,15-24H,11,14,25H2,1-2H3,(H,38,41). The second-order valence-electron chi connectivity index (χ2n) is 11.0. The van der Waals surface area contributed by atoms with E-state index in [4.69, 9.17) is 0 Å². The fraction of sp³-hybridized carbons (Fsp3) is 0.135. The molecule has 0 bridgehead atoms. The monoisotopic (exact) mass is 679 g/mol. The van der Waals surface area contributed by atoms with Crippen LogP contribution in [-0.4, -0.2) is 31.6 Å². The van der Waals surface area contributed by atoms with Crippen molar-refractivity contribution in [2.75, 3.05) is 16.2 Å². The number of nitro benzene ring substituents is 1. The van der Waals surface area contributed by atoms with Crippen molar-refractivity contribution in [1.82, 2.24) is 0 Å². The number of nitrogens with zero attached hydrogens (tertiary/aromatic N) is 2. The van der Waals surface area contributed by atoms with E-state index in [0.717, 1.165) is 22.9 Å². The molecule has 244 valence electrons. The Morgan fingerprint density at radius 1 is 0.833 bits per heavy atom. The first kappa shape index (κ1) is 34.1. The smallest absolute Gasteiger partial charge is 0.283 e. The van der Waals surface area contributed by atoms with E-state index in [0.29, 0.717) is 18.5 Å². The molecule has 11 heteroatoms. The lowest BCUT2D eigenvalue weighted by atomic mass is 10.0. The normalized spacial score (nSPS) is 11.1. The van der Waals surface area contributed by atoms with Crippen LogP contribution in [0.5, 0.6) is 0 Å². The Hall–Kier alpha value is -5.26. The zero-order chi connectivity index (χ0) is 34.3.